The summed E-state index contributed by atoms with van der Waals surface area (Å²) in [6, 6.07) is 99.2. The Labute approximate surface area is 402 Å². The summed E-state index contributed by atoms with van der Waals surface area (Å²) < 4.78 is 7.07. The van der Waals surface area contributed by atoms with E-state index in [0.29, 0.717) is 0 Å². The molecule has 0 atom stereocenters. The summed E-state index contributed by atoms with van der Waals surface area (Å²) >= 11 is 0. The first-order chi connectivity index (χ1) is 34.2. The van der Waals surface area contributed by atoms with E-state index >= 15 is 0 Å². The summed E-state index contributed by atoms with van der Waals surface area (Å²) in [5.74, 6) is 0. The first-order valence-electron chi connectivity index (χ1n) is 23.7. The average molecular weight is 880 g/mol. The van der Waals surface area contributed by atoms with Crippen molar-refractivity contribution >= 4 is 39.0 Å². The van der Waals surface area contributed by atoms with Gasteiger partial charge in [-0.2, -0.15) is 0 Å². The first kappa shape index (κ1) is 40.3. The van der Waals surface area contributed by atoms with Gasteiger partial charge < -0.3 is 9.32 Å². The molecule has 1 aliphatic carbocycles. The maximum Gasteiger partial charge on any atom is 0.137 e. The largest absolute Gasteiger partial charge is 0.456 e. The Morgan fingerprint density at radius 1 is 0.304 bits per heavy atom. The van der Waals surface area contributed by atoms with Gasteiger partial charge in [0.1, 0.15) is 11.2 Å². The minimum Gasteiger partial charge on any atom is -0.456 e. The molecule has 2 nitrogen and oxygen atoms in total. The van der Waals surface area contributed by atoms with Gasteiger partial charge in [0.05, 0.1) is 16.5 Å². The molecule has 13 rings (SSSR count). The Hall–Kier alpha value is -8.98. The Morgan fingerprint density at radius 3 is 1.19 bits per heavy atom. The zero-order valence-electron chi connectivity index (χ0n) is 37.8. The molecular weight excluding hydrogens is 835 g/mol. The smallest absolute Gasteiger partial charge is 0.137 e. The van der Waals surface area contributed by atoms with Crippen LogP contribution in [0.5, 0.6) is 0 Å². The van der Waals surface area contributed by atoms with Gasteiger partial charge in [0, 0.05) is 22.3 Å². The molecule has 12 aromatic rings. The lowest BCUT2D eigenvalue weighted by atomic mass is 9.67. The van der Waals surface area contributed by atoms with Gasteiger partial charge in [-0.15, -0.1) is 0 Å². The molecule has 0 bridgehead atoms. The highest BCUT2D eigenvalue weighted by Crippen LogP contribution is 2.62. The minimum atomic E-state index is -0.678. The van der Waals surface area contributed by atoms with E-state index in [0.717, 1.165) is 50.1 Å². The molecule has 0 saturated heterocycles. The number of fused-ring (bicyclic) bond motifs is 6. The lowest BCUT2D eigenvalue weighted by Gasteiger charge is -2.34. The number of hydrogen-bond acceptors (Lipinski definition) is 2. The number of benzene rings is 11. The van der Waals surface area contributed by atoms with Gasteiger partial charge in [-0.3, -0.25) is 0 Å². The van der Waals surface area contributed by atoms with Gasteiger partial charge in [0.25, 0.3) is 0 Å². The lowest BCUT2D eigenvalue weighted by Crippen LogP contribution is -2.28. The third-order valence-electron chi connectivity index (χ3n) is 14.2. The number of nitrogens with zero attached hydrogens (tertiary/aromatic N) is 1. The number of hydrogen-bond donors (Lipinski definition) is 0. The van der Waals surface area contributed by atoms with Crippen molar-refractivity contribution in [1.82, 2.24) is 0 Å². The second-order valence-corrected chi connectivity index (χ2v) is 18.0. The number of para-hydroxylation sites is 1. The predicted molar refractivity (Wildman–Crippen MR) is 287 cm³/mol. The van der Waals surface area contributed by atoms with E-state index < -0.39 is 5.41 Å². The molecule has 0 unspecified atom stereocenters. The van der Waals surface area contributed by atoms with Crippen LogP contribution in [0.4, 0.5) is 17.1 Å². The lowest BCUT2D eigenvalue weighted by molar-refractivity contribution is 0.666. The van der Waals surface area contributed by atoms with Crippen LogP contribution in [-0.2, 0) is 5.41 Å². The monoisotopic (exact) mass is 879 g/mol. The number of furan rings is 1. The van der Waals surface area contributed by atoms with Crippen LogP contribution in [-0.4, -0.2) is 0 Å². The average Bonchev–Trinajstić information content (AvgIpc) is 3.96. The molecule has 0 spiro atoms. The van der Waals surface area contributed by atoms with Crippen LogP contribution >= 0.6 is 0 Å². The van der Waals surface area contributed by atoms with E-state index in [9.17, 15) is 0 Å². The van der Waals surface area contributed by atoms with Gasteiger partial charge >= 0.3 is 0 Å². The van der Waals surface area contributed by atoms with Crippen molar-refractivity contribution in [3.63, 3.8) is 0 Å². The molecule has 11 aromatic carbocycles. The molecule has 1 heterocycles. The van der Waals surface area contributed by atoms with Crippen LogP contribution in [0.2, 0.25) is 0 Å². The van der Waals surface area contributed by atoms with Gasteiger partial charge in [-0.05, 0) is 115 Å². The number of rotatable bonds is 9. The van der Waals surface area contributed by atoms with Crippen molar-refractivity contribution in [2.24, 2.45) is 0 Å². The zero-order chi connectivity index (χ0) is 45.7. The SMILES string of the molecule is c1ccc(-c2ccc(-c3ccc(N(c4ccc(-c5ccccc5)cc4)c4c5c(cc6oc7ccccc7c46)C(c4ccccc4)(c4ccccc4)c4ccc(-c6ccccc6)cc4-5)cc3)cc2)cc1. The molecule has 1 aliphatic rings. The van der Waals surface area contributed by atoms with Crippen molar-refractivity contribution in [3.8, 4) is 55.6 Å². The molecule has 69 heavy (non-hydrogen) atoms. The summed E-state index contributed by atoms with van der Waals surface area (Å²) in [7, 11) is 0. The fourth-order valence-electron chi connectivity index (χ4n) is 11.0. The molecule has 0 radical (unpaired) electrons. The maximum absolute atomic E-state index is 7.07. The normalized spacial score (nSPS) is 12.5. The summed E-state index contributed by atoms with van der Waals surface area (Å²) in [5.41, 5.74) is 20.8. The second-order valence-electron chi connectivity index (χ2n) is 18.0. The van der Waals surface area contributed by atoms with E-state index in [4.69, 9.17) is 4.42 Å². The molecule has 0 N–H and O–H groups in total. The van der Waals surface area contributed by atoms with Crippen molar-refractivity contribution in [2.45, 2.75) is 5.41 Å². The number of anilines is 3. The van der Waals surface area contributed by atoms with Crippen LogP contribution in [0.25, 0.3) is 77.6 Å². The fourth-order valence-corrected chi connectivity index (χ4v) is 11.0. The Morgan fingerprint density at radius 2 is 0.696 bits per heavy atom. The van der Waals surface area contributed by atoms with E-state index in [2.05, 4.69) is 278 Å². The second kappa shape index (κ2) is 16.7. The van der Waals surface area contributed by atoms with Crippen LogP contribution in [0.15, 0.2) is 277 Å². The van der Waals surface area contributed by atoms with Crippen molar-refractivity contribution in [2.75, 3.05) is 4.90 Å². The molecule has 0 aliphatic heterocycles. The highest BCUT2D eigenvalue weighted by atomic mass is 16.3. The summed E-state index contributed by atoms with van der Waals surface area (Å²) in [6.45, 7) is 0. The van der Waals surface area contributed by atoms with Gasteiger partial charge in [-0.1, -0.05) is 231 Å². The van der Waals surface area contributed by atoms with Crippen molar-refractivity contribution < 1.29 is 4.42 Å². The topological polar surface area (TPSA) is 16.4 Å². The minimum absolute atomic E-state index is 0.678. The van der Waals surface area contributed by atoms with E-state index in [1.54, 1.807) is 0 Å². The summed E-state index contributed by atoms with van der Waals surface area (Å²) in [6.07, 6.45) is 0. The van der Waals surface area contributed by atoms with Gasteiger partial charge in [0.15, 0.2) is 0 Å². The molecule has 2 heteroatoms. The Bertz CT molecular complexity index is 3730. The predicted octanol–water partition coefficient (Wildman–Crippen LogP) is 18.1. The summed E-state index contributed by atoms with van der Waals surface area (Å²) in [5, 5.41) is 2.15. The van der Waals surface area contributed by atoms with Gasteiger partial charge in [0.2, 0.25) is 0 Å². The maximum atomic E-state index is 7.07. The molecule has 1 aromatic heterocycles. The molecule has 324 valence electrons. The summed E-state index contributed by atoms with van der Waals surface area (Å²) in [4.78, 5) is 2.49. The van der Waals surface area contributed by atoms with Crippen LogP contribution < -0.4 is 4.90 Å². The third kappa shape index (κ3) is 6.72. The van der Waals surface area contributed by atoms with E-state index in [1.165, 1.54) is 66.8 Å². The fraction of sp³-hybridized carbons (Fsp3) is 0.0149. The van der Waals surface area contributed by atoms with E-state index in [1.807, 2.05) is 0 Å². The van der Waals surface area contributed by atoms with Crippen LogP contribution in [0, 0.1) is 0 Å². The Balaban J connectivity index is 1.12. The molecule has 0 amide bonds. The molecular formula is C67H45NO. The van der Waals surface area contributed by atoms with Crippen LogP contribution in [0.3, 0.4) is 0 Å². The zero-order valence-corrected chi connectivity index (χ0v) is 37.8. The standard InChI is InChI=1S/C67H45NO/c1-6-18-46(19-7-1)49-30-32-50(33-31-49)52-36-41-57(42-37-52)68(56-39-34-51(35-40-56)47-20-8-2-9-21-47)66-64-59-44-53(48-22-10-3-11-23-48)38-43-60(59)67(54-24-12-4-13-25-54,55-26-14-5-15-27-55)61(64)45-63-65(66)58-28-16-17-29-62(58)69-63/h1-45H. The molecule has 0 saturated carbocycles. The van der Waals surface area contributed by atoms with Crippen molar-refractivity contribution in [3.05, 3.63) is 295 Å². The van der Waals surface area contributed by atoms with E-state index in [-0.39, 0.29) is 0 Å². The molecule has 0 fully saturated rings. The van der Waals surface area contributed by atoms with Crippen molar-refractivity contribution in [1.29, 1.82) is 0 Å². The van der Waals surface area contributed by atoms with Crippen LogP contribution in [0.1, 0.15) is 22.3 Å². The first-order valence-corrected chi connectivity index (χ1v) is 23.7. The highest BCUT2D eigenvalue weighted by molar-refractivity contribution is 6.19. The van der Waals surface area contributed by atoms with Gasteiger partial charge in [-0.25, -0.2) is 0 Å². The quantitative estimate of drug-likeness (QED) is 0.144. The third-order valence-corrected chi connectivity index (χ3v) is 14.2. The highest BCUT2D eigenvalue weighted by Gasteiger charge is 2.49. The Kier molecular flexibility index (Phi) is 9.77.